The summed E-state index contributed by atoms with van der Waals surface area (Å²) in [7, 11) is 0. The maximum absolute atomic E-state index is 13.1. The van der Waals surface area contributed by atoms with Crippen molar-refractivity contribution in [3.63, 3.8) is 0 Å². The van der Waals surface area contributed by atoms with Gasteiger partial charge < -0.3 is 10.1 Å². The average molecular weight is 352 g/mol. The van der Waals surface area contributed by atoms with Crippen molar-refractivity contribution in [1.82, 2.24) is 20.1 Å². The highest BCUT2D eigenvalue weighted by Gasteiger charge is 2.25. The van der Waals surface area contributed by atoms with Gasteiger partial charge in [-0.3, -0.25) is 4.79 Å². The predicted molar refractivity (Wildman–Crippen MR) is 92.8 cm³/mol. The van der Waals surface area contributed by atoms with Crippen LogP contribution in [0.5, 0.6) is 5.75 Å². The van der Waals surface area contributed by atoms with E-state index in [4.69, 9.17) is 4.74 Å². The minimum Gasteiger partial charge on any atom is -0.493 e. The molecule has 0 aliphatic carbocycles. The minimum absolute atomic E-state index is 0.0794. The monoisotopic (exact) mass is 352 g/mol. The molecule has 0 saturated heterocycles. The molecule has 1 N–H and O–H groups in total. The first-order valence-corrected chi connectivity index (χ1v) is 8.34. The van der Waals surface area contributed by atoms with E-state index in [1.807, 2.05) is 24.3 Å². The maximum Gasteiger partial charge on any atom is 0.291 e. The Kier molecular flexibility index (Phi) is 4.12. The lowest BCUT2D eigenvalue weighted by atomic mass is 10.0. The van der Waals surface area contributed by atoms with Crippen LogP contribution in [-0.2, 0) is 0 Å². The number of aryl methyl sites for hydroxylation is 1. The van der Waals surface area contributed by atoms with E-state index in [2.05, 4.69) is 15.4 Å². The Morgan fingerprint density at radius 1 is 1.23 bits per heavy atom. The zero-order valence-corrected chi connectivity index (χ0v) is 14.1. The molecule has 2 aromatic carbocycles. The summed E-state index contributed by atoms with van der Waals surface area (Å²) in [5.41, 5.74) is 1.59. The van der Waals surface area contributed by atoms with Crippen LogP contribution in [0.2, 0.25) is 0 Å². The Labute approximate surface area is 149 Å². The van der Waals surface area contributed by atoms with E-state index in [1.54, 1.807) is 19.1 Å². The third-order valence-corrected chi connectivity index (χ3v) is 4.31. The number of rotatable bonds is 3. The van der Waals surface area contributed by atoms with Crippen LogP contribution in [-0.4, -0.2) is 27.3 Å². The molecular formula is C19H17FN4O2. The highest BCUT2D eigenvalue weighted by atomic mass is 19.1. The lowest BCUT2D eigenvalue weighted by Crippen LogP contribution is -2.32. The number of carbonyl (C=O) groups is 1. The molecule has 26 heavy (non-hydrogen) atoms. The molecule has 0 saturated carbocycles. The zero-order valence-electron chi connectivity index (χ0n) is 14.1. The van der Waals surface area contributed by atoms with Crippen molar-refractivity contribution in [2.75, 3.05) is 6.61 Å². The number of para-hydroxylation sites is 1. The molecule has 0 unspecified atom stereocenters. The summed E-state index contributed by atoms with van der Waals surface area (Å²) < 4.78 is 20.2. The Bertz CT molecular complexity index is 952. The molecule has 1 aromatic heterocycles. The van der Waals surface area contributed by atoms with Crippen LogP contribution in [0.3, 0.4) is 0 Å². The molecule has 132 valence electrons. The molecule has 6 nitrogen and oxygen atoms in total. The van der Waals surface area contributed by atoms with Gasteiger partial charge in [-0.2, -0.15) is 0 Å². The van der Waals surface area contributed by atoms with Gasteiger partial charge in [0.15, 0.2) is 0 Å². The molecule has 2 heterocycles. The number of benzene rings is 2. The minimum atomic E-state index is -0.351. The Hall–Kier alpha value is -3.22. The molecule has 1 atom stereocenters. The highest BCUT2D eigenvalue weighted by Crippen LogP contribution is 2.31. The predicted octanol–water partition coefficient (Wildman–Crippen LogP) is 2.97. The first-order chi connectivity index (χ1) is 12.6. The van der Waals surface area contributed by atoms with Crippen molar-refractivity contribution in [2.24, 2.45) is 0 Å². The third-order valence-electron chi connectivity index (χ3n) is 4.31. The van der Waals surface area contributed by atoms with Gasteiger partial charge in [-0.15, -0.1) is 5.10 Å². The van der Waals surface area contributed by atoms with Gasteiger partial charge >= 0.3 is 0 Å². The molecule has 0 bridgehead atoms. The van der Waals surface area contributed by atoms with Crippen molar-refractivity contribution in [3.05, 3.63) is 71.6 Å². The van der Waals surface area contributed by atoms with Gasteiger partial charge in [0.1, 0.15) is 17.4 Å². The summed E-state index contributed by atoms with van der Waals surface area (Å²) in [6.07, 6.45) is 0.681. The SMILES string of the molecule is Cc1nc(C(=O)N[C@@H]2CCOc3ccccc32)nn1-c1ccc(F)cc1. The van der Waals surface area contributed by atoms with Gasteiger partial charge in [-0.1, -0.05) is 18.2 Å². The molecule has 7 heteroatoms. The summed E-state index contributed by atoms with van der Waals surface area (Å²) in [4.78, 5) is 16.9. The number of halogens is 1. The van der Waals surface area contributed by atoms with Gasteiger partial charge in [0.25, 0.3) is 5.91 Å². The van der Waals surface area contributed by atoms with Gasteiger partial charge in [-0.05, 0) is 37.3 Å². The van der Waals surface area contributed by atoms with Crippen molar-refractivity contribution in [1.29, 1.82) is 0 Å². The first-order valence-electron chi connectivity index (χ1n) is 8.34. The van der Waals surface area contributed by atoms with E-state index >= 15 is 0 Å². The average Bonchev–Trinajstić information content (AvgIpc) is 3.05. The zero-order chi connectivity index (χ0) is 18.1. The number of hydrogen-bond donors (Lipinski definition) is 1. The number of hydrogen-bond acceptors (Lipinski definition) is 4. The standard InChI is InChI=1S/C19H17FN4O2/c1-12-21-18(23-24(12)14-8-6-13(20)7-9-14)19(25)22-16-10-11-26-17-5-3-2-4-15(16)17/h2-9,16H,10-11H2,1H3,(H,22,25)/t16-/m1/s1. The van der Waals surface area contributed by atoms with E-state index in [1.165, 1.54) is 16.8 Å². The second-order valence-corrected chi connectivity index (χ2v) is 6.07. The fourth-order valence-corrected chi connectivity index (χ4v) is 3.03. The van der Waals surface area contributed by atoms with Crippen molar-refractivity contribution in [3.8, 4) is 11.4 Å². The number of aromatic nitrogens is 3. The smallest absolute Gasteiger partial charge is 0.291 e. The Balaban J connectivity index is 1.56. The second kappa shape index (κ2) is 6.59. The molecule has 1 aliphatic rings. The van der Waals surface area contributed by atoms with E-state index in [0.29, 0.717) is 24.5 Å². The number of fused-ring (bicyclic) bond motifs is 1. The van der Waals surface area contributed by atoms with Crippen LogP contribution < -0.4 is 10.1 Å². The summed E-state index contributed by atoms with van der Waals surface area (Å²) in [6, 6.07) is 13.4. The van der Waals surface area contributed by atoms with Gasteiger partial charge in [0.2, 0.25) is 5.82 Å². The molecule has 0 fully saturated rings. The van der Waals surface area contributed by atoms with Crippen molar-refractivity contribution >= 4 is 5.91 Å². The van der Waals surface area contributed by atoms with Crippen LogP contribution in [0.1, 0.15) is 34.5 Å². The van der Waals surface area contributed by atoms with E-state index < -0.39 is 0 Å². The molecular weight excluding hydrogens is 335 g/mol. The lowest BCUT2D eigenvalue weighted by molar-refractivity contribution is 0.0914. The summed E-state index contributed by atoms with van der Waals surface area (Å²) in [6.45, 7) is 2.29. The second-order valence-electron chi connectivity index (χ2n) is 6.07. The van der Waals surface area contributed by atoms with Gasteiger partial charge in [-0.25, -0.2) is 14.1 Å². The Morgan fingerprint density at radius 3 is 2.81 bits per heavy atom. The van der Waals surface area contributed by atoms with Crippen molar-refractivity contribution in [2.45, 2.75) is 19.4 Å². The summed E-state index contributed by atoms with van der Waals surface area (Å²) in [5.74, 6) is 0.730. The maximum atomic E-state index is 13.1. The van der Waals surface area contributed by atoms with E-state index in [0.717, 1.165) is 11.3 Å². The fraction of sp³-hybridized carbons (Fsp3) is 0.211. The van der Waals surface area contributed by atoms with E-state index in [-0.39, 0.29) is 23.6 Å². The lowest BCUT2D eigenvalue weighted by Gasteiger charge is -2.26. The van der Waals surface area contributed by atoms with Gasteiger partial charge in [0.05, 0.1) is 18.3 Å². The summed E-state index contributed by atoms with van der Waals surface area (Å²) >= 11 is 0. The molecule has 3 aromatic rings. The normalized spacial score (nSPS) is 15.8. The largest absolute Gasteiger partial charge is 0.493 e. The topological polar surface area (TPSA) is 69.0 Å². The van der Waals surface area contributed by atoms with Crippen molar-refractivity contribution < 1.29 is 13.9 Å². The van der Waals surface area contributed by atoms with Gasteiger partial charge in [0, 0.05) is 12.0 Å². The molecule has 4 rings (SSSR count). The summed E-state index contributed by atoms with van der Waals surface area (Å²) in [5, 5.41) is 7.25. The number of amides is 1. The highest BCUT2D eigenvalue weighted by molar-refractivity contribution is 5.90. The molecule has 1 aliphatic heterocycles. The Morgan fingerprint density at radius 2 is 2.00 bits per heavy atom. The number of nitrogens with zero attached hydrogens (tertiary/aromatic N) is 3. The van der Waals surface area contributed by atoms with Crippen LogP contribution in [0, 0.1) is 12.7 Å². The molecule has 0 spiro atoms. The number of ether oxygens (including phenoxy) is 1. The number of nitrogens with one attached hydrogen (secondary N) is 1. The van der Waals surface area contributed by atoms with Crippen LogP contribution in [0.25, 0.3) is 5.69 Å². The van der Waals surface area contributed by atoms with E-state index in [9.17, 15) is 9.18 Å². The first kappa shape index (κ1) is 16.3. The molecule has 0 radical (unpaired) electrons. The van der Waals surface area contributed by atoms with Crippen LogP contribution in [0.4, 0.5) is 4.39 Å². The third kappa shape index (κ3) is 3.03. The van der Waals surface area contributed by atoms with Crippen LogP contribution >= 0.6 is 0 Å². The fourth-order valence-electron chi connectivity index (χ4n) is 3.03. The van der Waals surface area contributed by atoms with Crippen LogP contribution in [0.15, 0.2) is 48.5 Å². The number of carbonyl (C=O) groups excluding carboxylic acids is 1. The quantitative estimate of drug-likeness (QED) is 0.787. The molecule has 1 amide bonds.